The molecule has 0 amide bonds. The highest BCUT2D eigenvalue weighted by atomic mass is 32.1. The average Bonchev–Trinajstić information content (AvgIpc) is 2.76. The van der Waals surface area contributed by atoms with E-state index in [1.807, 2.05) is 0 Å². The minimum absolute atomic E-state index is 0.396. The van der Waals surface area contributed by atoms with Crippen LogP contribution in [0.15, 0.2) is 24.3 Å². The third-order valence-corrected chi connectivity index (χ3v) is 3.85. The summed E-state index contributed by atoms with van der Waals surface area (Å²) in [5.74, 6) is 3.57. The van der Waals surface area contributed by atoms with Crippen LogP contribution in [0.3, 0.4) is 0 Å². The van der Waals surface area contributed by atoms with Crippen molar-refractivity contribution in [2.24, 2.45) is 0 Å². The Balaban J connectivity index is 1.87. The molecule has 0 bridgehead atoms. The average molecular weight is 261 g/mol. The molecule has 0 radical (unpaired) electrons. The van der Waals surface area contributed by atoms with Crippen LogP contribution in [0.4, 0.5) is 0 Å². The molecule has 0 saturated heterocycles. The van der Waals surface area contributed by atoms with Crippen molar-refractivity contribution in [3.8, 4) is 0 Å². The molecule has 5 heteroatoms. The summed E-state index contributed by atoms with van der Waals surface area (Å²) in [6.45, 7) is 0. The minimum atomic E-state index is 0.396. The summed E-state index contributed by atoms with van der Waals surface area (Å²) in [5.41, 5.74) is 6.77. The zero-order valence-electron chi connectivity index (χ0n) is 10.1. The van der Waals surface area contributed by atoms with Crippen molar-refractivity contribution in [3.63, 3.8) is 0 Å². The van der Waals surface area contributed by atoms with Gasteiger partial charge < -0.3 is 10.3 Å². The molecular formula is C13H17N4S+. The molecule has 0 spiro atoms. The quantitative estimate of drug-likeness (QED) is 0.450. The molecule has 1 aromatic heterocycles. The molecule has 1 unspecified atom stereocenters. The third-order valence-electron chi connectivity index (χ3n) is 3.59. The first-order chi connectivity index (χ1) is 8.78. The smallest absolute Gasteiger partial charge is 0.213 e. The van der Waals surface area contributed by atoms with Gasteiger partial charge in [-0.25, -0.2) is 5.43 Å². The molecule has 94 valence electrons. The van der Waals surface area contributed by atoms with Gasteiger partial charge in [-0.3, -0.25) is 5.84 Å². The highest BCUT2D eigenvalue weighted by molar-refractivity contribution is 7.80. The summed E-state index contributed by atoms with van der Waals surface area (Å²) in [7, 11) is 0. The zero-order valence-corrected chi connectivity index (χ0v) is 10.9. The van der Waals surface area contributed by atoms with Gasteiger partial charge in [-0.05, 0) is 36.7 Å². The van der Waals surface area contributed by atoms with Crippen molar-refractivity contribution in [1.29, 1.82) is 0 Å². The SMILES string of the molecule is [NH3+]NC(=S)NC1CCc2c([nH]c3ccccc23)C1. The minimum Gasteiger partial charge on any atom is -0.358 e. The molecule has 1 atom stereocenters. The molecule has 2 aromatic rings. The van der Waals surface area contributed by atoms with Crippen LogP contribution >= 0.6 is 12.2 Å². The first-order valence-corrected chi connectivity index (χ1v) is 6.61. The summed E-state index contributed by atoms with van der Waals surface area (Å²) in [6, 6.07) is 8.90. The van der Waals surface area contributed by atoms with Gasteiger partial charge in [0.05, 0.1) is 0 Å². The van der Waals surface area contributed by atoms with Gasteiger partial charge in [0.1, 0.15) is 0 Å². The van der Waals surface area contributed by atoms with E-state index in [0.717, 1.165) is 19.3 Å². The van der Waals surface area contributed by atoms with E-state index in [-0.39, 0.29) is 0 Å². The fourth-order valence-electron chi connectivity index (χ4n) is 2.74. The number of thiocarbonyl (C=S) groups is 1. The molecule has 18 heavy (non-hydrogen) atoms. The highest BCUT2D eigenvalue weighted by Gasteiger charge is 2.22. The van der Waals surface area contributed by atoms with Crippen LogP contribution in [0, 0.1) is 0 Å². The predicted molar refractivity (Wildman–Crippen MR) is 75.9 cm³/mol. The number of aromatic nitrogens is 1. The van der Waals surface area contributed by atoms with Gasteiger partial charge in [-0.1, -0.05) is 18.2 Å². The van der Waals surface area contributed by atoms with Crippen molar-refractivity contribution in [1.82, 2.24) is 15.7 Å². The molecule has 1 aliphatic carbocycles. The third kappa shape index (κ3) is 1.95. The second-order valence-electron chi connectivity index (χ2n) is 4.72. The number of quaternary nitrogens is 1. The number of fused-ring (bicyclic) bond motifs is 3. The van der Waals surface area contributed by atoms with E-state index in [9.17, 15) is 0 Å². The topological polar surface area (TPSA) is 67.5 Å². The van der Waals surface area contributed by atoms with Crippen LogP contribution in [0.2, 0.25) is 0 Å². The second kappa shape index (κ2) is 4.59. The molecule has 3 rings (SSSR count). The number of H-pyrrole nitrogens is 1. The lowest BCUT2D eigenvalue weighted by Crippen LogP contribution is -2.70. The van der Waals surface area contributed by atoms with E-state index in [4.69, 9.17) is 12.2 Å². The Morgan fingerprint density at radius 2 is 2.22 bits per heavy atom. The number of benzene rings is 1. The number of hydrogen-bond acceptors (Lipinski definition) is 1. The van der Waals surface area contributed by atoms with E-state index in [0.29, 0.717) is 11.2 Å². The van der Waals surface area contributed by atoms with Crippen molar-refractivity contribution in [2.75, 3.05) is 0 Å². The number of aryl methyl sites for hydroxylation is 1. The van der Waals surface area contributed by atoms with Gasteiger partial charge in [0.2, 0.25) is 5.11 Å². The number of rotatable bonds is 1. The fourth-order valence-corrected chi connectivity index (χ4v) is 2.91. The van der Waals surface area contributed by atoms with Crippen LogP contribution in [0.25, 0.3) is 10.9 Å². The molecule has 1 heterocycles. The highest BCUT2D eigenvalue weighted by Crippen LogP contribution is 2.28. The number of hydrogen-bond donors (Lipinski definition) is 4. The molecule has 1 aromatic carbocycles. The summed E-state index contributed by atoms with van der Waals surface area (Å²) in [4.78, 5) is 3.52. The molecule has 0 aliphatic heterocycles. The Morgan fingerprint density at radius 1 is 1.39 bits per heavy atom. The van der Waals surface area contributed by atoms with Crippen LogP contribution in [-0.4, -0.2) is 16.1 Å². The predicted octanol–water partition coefficient (Wildman–Crippen LogP) is 0.646. The van der Waals surface area contributed by atoms with Crippen LogP contribution in [0.1, 0.15) is 17.7 Å². The van der Waals surface area contributed by atoms with Crippen LogP contribution < -0.4 is 16.6 Å². The normalized spacial score (nSPS) is 18.4. The van der Waals surface area contributed by atoms with Gasteiger partial charge in [0, 0.05) is 29.1 Å². The van der Waals surface area contributed by atoms with E-state index >= 15 is 0 Å². The molecule has 0 fully saturated rings. The fraction of sp³-hybridized carbons (Fsp3) is 0.308. The number of aromatic amines is 1. The lowest BCUT2D eigenvalue weighted by Gasteiger charge is -2.23. The lowest BCUT2D eigenvalue weighted by atomic mass is 9.92. The Bertz CT molecular complexity index is 590. The van der Waals surface area contributed by atoms with Crippen molar-refractivity contribution >= 4 is 28.2 Å². The maximum Gasteiger partial charge on any atom is 0.213 e. The largest absolute Gasteiger partial charge is 0.358 e. The summed E-state index contributed by atoms with van der Waals surface area (Å²) in [6.07, 6.45) is 3.19. The summed E-state index contributed by atoms with van der Waals surface area (Å²) in [5, 5.41) is 5.28. The van der Waals surface area contributed by atoms with E-state index in [1.165, 1.54) is 22.2 Å². The number of para-hydroxylation sites is 1. The number of nitrogens with one attached hydrogen (secondary N) is 3. The maximum atomic E-state index is 5.10. The van der Waals surface area contributed by atoms with Crippen molar-refractivity contribution < 1.29 is 5.84 Å². The first-order valence-electron chi connectivity index (χ1n) is 6.20. The van der Waals surface area contributed by atoms with Gasteiger partial charge in [-0.2, -0.15) is 0 Å². The Kier molecular flexibility index (Phi) is 2.93. The van der Waals surface area contributed by atoms with Crippen LogP contribution in [0.5, 0.6) is 0 Å². The molecule has 6 N–H and O–H groups in total. The second-order valence-corrected chi connectivity index (χ2v) is 5.13. The summed E-state index contributed by atoms with van der Waals surface area (Å²) < 4.78 is 0. The first kappa shape index (κ1) is 11.5. The van der Waals surface area contributed by atoms with E-state index in [1.54, 1.807) is 0 Å². The van der Waals surface area contributed by atoms with E-state index in [2.05, 4.69) is 45.8 Å². The van der Waals surface area contributed by atoms with Crippen molar-refractivity contribution in [3.05, 3.63) is 35.5 Å². The van der Waals surface area contributed by atoms with Gasteiger partial charge in [-0.15, -0.1) is 0 Å². The van der Waals surface area contributed by atoms with Crippen molar-refractivity contribution in [2.45, 2.75) is 25.3 Å². The van der Waals surface area contributed by atoms with Crippen LogP contribution in [-0.2, 0) is 12.8 Å². The zero-order chi connectivity index (χ0) is 12.5. The van der Waals surface area contributed by atoms with Gasteiger partial charge >= 0.3 is 0 Å². The molecule has 4 nitrogen and oxygen atoms in total. The summed E-state index contributed by atoms with van der Waals surface area (Å²) >= 11 is 5.10. The Labute approximate surface area is 111 Å². The van der Waals surface area contributed by atoms with Gasteiger partial charge in [0.15, 0.2) is 0 Å². The maximum absolute atomic E-state index is 5.10. The molecular weight excluding hydrogens is 244 g/mol. The Hall–Kier alpha value is -1.59. The standard InChI is InChI=1S/C13H16N4S/c14-17-13(18)15-8-5-6-10-9-3-1-2-4-11(9)16-12(10)7-8/h1-4,8,16H,5-7,14H2,(H2,15,17,18)/p+1. The molecule has 0 saturated carbocycles. The molecule has 1 aliphatic rings. The lowest BCUT2D eigenvalue weighted by molar-refractivity contribution is -0.419. The van der Waals surface area contributed by atoms with Gasteiger partial charge in [0.25, 0.3) is 0 Å². The monoisotopic (exact) mass is 261 g/mol. The Morgan fingerprint density at radius 3 is 3.06 bits per heavy atom. The van der Waals surface area contributed by atoms with E-state index < -0.39 is 0 Å².